The van der Waals surface area contributed by atoms with Gasteiger partial charge >= 0.3 is 6.18 Å². The highest BCUT2D eigenvalue weighted by Gasteiger charge is 2.47. The lowest BCUT2D eigenvalue weighted by atomic mass is 10.1. The molecule has 1 aliphatic heterocycles. The zero-order valence-electron chi connectivity index (χ0n) is 14.8. The van der Waals surface area contributed by atoms with E-state index in [4.69, 9.17) is 0 Å². The number of rotatable bonds is 4. The van der Waals surface area contributed by atoms with Crippen LogP contribution in [0.25, 0.3) is 0 Å². The maximum Gasteiger partial charge on any atom is 0.398 e. The van der Waals surface area contributed by atoms with Gasteiger partial charge in [-0.2, -0.15) is 13.2 Å². The summed E-state index contributed by atoms with van der Waals surface area (Å²) in [6, 6.07) is 2.79. The standard InChI is InChI=1S/C18H22F4N2OS/c1-12-9-13(19)14(10-15(12)26-11-18(20,21)22)23-5-7-24(8-6-23)16(25)17(2)3-4-17/h9-10H,3-8,11H2,1-2H3. The lowest BCUT2D eigenvalue weighted by Gasteiger charge is -2.37. The minimum atomic E-state index is -4.27. The number of alkyl halides is 3. The van der Waals surface area contributed by atoms with Crippen LogP contribution in [0.1, 0.15) is 25.3 Å². The monoisotopic (exact) mass is 390 g/mol. The predicted molar refractivity (Wildman–Crippen MR) is 94.1 cm³/mol. The summed E-state index contributed by atoms with van der Waals surface area (Å²) >= 11 is 0.675. The lowest BCUT2D eigenvalue weighted by molar-refractivity contribution is -0.136. The van der Waals surface area contributed by atoms with Crippen molar-refractivity contribution >= 4 is 23.4 Å². The Balaban J connectivity index is 1.68. The van der Waals surface area contributed by atoms with Crippen LogP contribution in [0.3, 0.4) is 0 Å². The summed E-state index contributed by atoms with van der Waals surface area (Å²) in [5, 5.41) is 0. The molecule has 1 amide bonds. The van der Waals surface area contributed by atoms with Crippen LogP contribution in [0.2, 0.25) is 0 Å². The highest BCUT2D eigenvalue weighted by molar-refractivity contribution is 7.99. The first-order valence-electron chi connectivity index (χ1n) is 8.63. The summed E-state index contributed by atoms with van der Waals surface area (Å²) in [7, 11) is 0. The van der Waals surface area contributed by atoms with Gasteiger partial charge in [0.2, 0.25) is 5.91 Å². The van der Waals surface area contributed by atoms with Crippen LogP contribution in [0.15, 0.2) is 17.0 Å². The number of halogens is 4. The van der Waals surface area contributed by atoms with Crippen LogP contribution in [-0.2, 0) is 4.79 Å². The minimum Gasteiger partial charge on any atom is -0.366 e. The summed E-state index contributed by atoms with van der Waals surface area (Å²) in [6.07, 6.45) is -2.44. The summed E-state index contributed by atoms with van der Waals surface area (Å²) in [5.41, 5.74) is 0.583. The van der Waals surface area contributed by atoms with Crippen molar-refractivity contribution in [3.05, 3.63) is 23.5 Å². The molecule has 1 heterocycles. The second-order valence-electron chi connectivity index (χ2n) is 7.31. The second kappa shape index (κ2) is 6.94. The first kappa shape index (κ1) is 19.3. The second-order valence-corrected chi connectivity index (χ2v) is 8.33. The lowest BCUT2D eigenvalue weighted by Crippen LogP contribution is -2.50. The predicted octanol–water partition coefficient (Wildman–Crippen LogP) is 4.24. The number of carbonyl (C=O) groups is 1. The summed E-state index contributed by atoms with van der Waals surface area (Å²) in [4.78, 5) is 16.5. The van der Waals surface area contributed by atoms with Gasteiger partial charge in [0.25, 0.3) is 0 Å². The Morgan fingerprint density at radius 1 is 1.19 bits per heavy atom. The number of anilines is 1. The molecule has 1 aromatic carbocycles. The SMILES string of the molecule is Cc1cc(F)c(N2CCN(C(=O)C3(C)CC3)CC2)cc1SCC(F)(F)F. The highest BCUT2D eigenvalue weighted by Crippen LogP contribution is 2.46. The number of carbonyl (C=O) groups excluding carboxylic acids is 1. The molecule has 0 bridgehead atoms. The van der Waals surface area contributed by atoms with Crippen molar-refractivity contribution in [3.63, 3.8) is 0 Å². The molecule has 0 aromatic heterocycles. The molecule has 0 spiro atoms. The molecule has 3 rings (SSSR count). The summed E-state index contributed by atoms with van der Waals surface area (Å²) in [5.74, 6) is -1.28. The Kier molecular flexibility index (Phi) is 5.16. The Labute approximate surface area is 154 Å². The third-order valence-corrected chi connectivity index (χ3v) is 6.28. The van der Waals surface area contributed by atoms with Gasteiger partial charge in [-0.1, -0.05) is 6.92 Å². The maximum atomic E-state index is 14.4. The minimum absolute atomic E-state index is 0.156. The molecule has 26 heavy (non-hydrogen) atoms. The molecule has 2 fully saturated rings. The van der Waals surface area contributed by atoms with Gasteiger partial charge in [-0.15, -0.1) is 11.8 Å². The van der Waals surface area contributed by atoms with E-state index in [-0.39, 0.29) is 11.3 Å². The van der Waals surface area contributed by atoms with Crippen LogP contribution in [-0.4, -0.2) is 48.9 Å². The smallest absolute Gasteiger partial charge is 0.366 e. The number of benzene rings is 1. The number of hydrogen-bond donors (Lipinski definition) is 0. The molecule has 0 radical (unpaired) electrons. The van der Waals surface area contributed by atoms with Crippen molar-refractivity contribution in [1.82, 2.24) is 4.90 Å². The van der Waals surface area contributed by atoms with Crippen molar-refractivity contribution in [2.24, 2.45) is 5.41 Å². The number of amides is 1. The first-order chi connectivity index (χ1) is 12.1. The average molecular weight is 390 g/mol. The fourth-order valence-corrected chi connectivity index (χ4v) is 3.93. The van der Waals surface area contributed by atoms with Crippen molar-refractivity contribution in [2.45, 2.75) is 37.8 Å². The number of piperazine rings is 1. The van der Waals surface area contributed by atoms with Crippen molar-refractivity contribution in [2.75, 3.05) is 36.8 Å². The molecule has 1 saturated carbocycles. The first-order valence-corrected chi connectivity index (χ1v) is 9.62. The van der Waals surface area contributed by atoms with Gasteiger partial charge < -0.3 is 9.80 Å². The molecule has 1 aromatic rings. The molecule has 3 nitrogen and oxygen atoms in total. The largest absolute Gasteiger partial charge is 0.398 e. The third kappa shape index (κ3) is 4.27. The van der Waals surface area contributed by atoms with Gasteiger partial charge in [0, 0.05) is 36.5 Å². The fourth-order valence-electron chi connectivity index (χ4n) is 3.13. The quantitative estimate of drug-likeness (QED) is 0.568. The molecule has 0 unspecified atom stereocenters. The van der Waals surface area contributed by atoms with E-state index < -0.39 is 17.7 Å². The summed E-state index contributed by atoms with van der Waals surface area (Å²) in [6.45, 7) is 5.54. The van der Waals surface area contributed by atoms with Crippen molar-refractivity contribution < 1.29 is 22.4 Å². The maximum absolute atomic E-state index is 14.4. The van der Waals surface area contributed by atoms with Crippen LogP contribution in [0.5, 0.6) is 0 Å². The van der Waals surface area contributed by atoms with Crippen LogP contribution in [0, 0.1) is 18.2 Å². The Morgan fingerprint density at radius 3 is 2.35 bits per heavy atom. The number of hydrogen-bond acceptors (Lipinski definition) is 3. The number of aryl methyl sites for hydroxylation is 1. The van der Waals surface area contributed by atoms with E-state index in [1.807, 2.05) is 16.7 Å². The molecule has 0 N–H and O–H groups in total. The number of thioether (sulfide) groups is 1. The highest BCUT2D eigenvalue weighted by atomic mass is 32.2. The van der Waals surface area contributed by atoms with Gasteiger partial charge in [0.15, 0.2) is 0 Å². The van der Waals surface area contributed by atoms with E-state index in [0.717, 1.165) is 12.8 Å². The van der Waals surface area contributed by atoms with Gasteiger partial charge in [0.05, 0.1) is 11.4 Å². The third-order valence-electron chi connectivity index (χ3n) is 5.06. The van der Waals surface area contributed by atoms with E-state index in [0.29, 0.717) is 54.1 Å². The Bertz CT molecular complexity index is 695. The molecular weight excluding hydrogens is 368 g/mol. The van der Waals surface area contributed by atoms with E-state index in [1.54, 1.807) is 6.92 Å². The normalized spacial score (nSPS) is 19.6. The molecule has 144 valence electrons. The molecule has 1 saturated heterocycles. The average Bonchev–Trinajstić information content (AvgIpc) is 3.32. The molecule has 0 atom stereocenters. The van der Waals surface area contributed by atoms with Gasteiger partial charge in [0.1, 0.15) is 5.82 Å². The van der Waals surface area contributed by atoms with Crippen LogP contribution in [0.4, 0.5) is 23.2 Å². The van der Waals surface area contributed by atoms with Gasteiger partial charge in [-0.25, -0.2) is 4.39 Å². The fraction of sp³-hybridized carbons (Fsp3) is 0.611. The van der Waals surface area contributed by atoms with Gasteiger partial charge in [-0.05, 0) is 37.5 Å². The van der Waals surface area contributed by atoms with Crippen LogP contribution >= 0.6 is 11.8 Å². The molecular formula is C18H22F4N2OS. The zero-order valence-corrected chi connectivity index (χ0v) is 15.6. The molecule has 2 aliphatic rings. The molecule has 8 heteroatoms. The van der Waals surface area contributed by atoms with E-state index >= 15 is 0 Å². The van der Waals surface area contributed by atoms with Gasteiger partial charge in [-0.3, -0.25) is 4.79 Å². The zero-order chi connectivity index (χ0) is 19.1. The Hall–Kier alpha value is -1.44. The Morgan fingerprint density at radius 2 is 1.81 bits per heavy atom. The number of nitrogens with zero attached hydrogens (tertiary/aromatic N) is 2. The summed E-state index contributed by atoms with van der Waals surface area (Å²) < 4.78 is 51.8. The van der Waals surface area contributed by atoms with Crippen LogP contribution < -0.4 is 4.90 Å². The van der Waals surface area contributed by atoms with E-state index in [1.165, 1.54) is 12.1 Å². The van der Waals surface area contributed by atoms with E-state index in [2.05, 4.69) is 0 Å². The van der Waals surface area contributed by atoms with E-state index in [9.17, 15) is 22.4 Å². The molecule has 1 aliphatic carbocycles. The topological polar surface area (TPSA) is 23.6 Å². The van der Waals surface area contributed by atoms with Crippen molar-refractivity contribution in [3.8, 4) is 0 Å². The van der Waals surface area contributed by atoms with Crippen molar-refractivity contribution in [1.29, 1.82) is 0 Å².